The zero-order chi connectivity index (χ0) is 18.5. The zero-order valence-electron chi connectivity index (χ0n) is 15.3. The zero-order valence-corrected chi connectivity index (χ0v) is 15.3. The summed E-state index contributed by atoms with van der Waals surface area (Å²) in [6.07, 6.45) is 0. The van der Waals surface area contributed by atoms with Crippen molar-refractivity contribution in [3.05, 3.63) is 48.0 Å². The Labute approximate surface area is 153 Å². The van der Waals surface area contributed by atoms with Crippen LogP contribution in [0.25, 0.3) is 0 Å². The van der Waals surface area contributed by atoms with Crippen molar-refractivity contribution in [1.29, 1.82) is 0 Å². The quantitative estimate of drug-likeness (QED) is 0.825. The van der Waals surface area contributed by atoms with E-state index in [1.165, 1.54) is 0 Å². The minimum absolute atomic E-state index is 0.0719. The average molecular weight is 356 g/mol. The Hall–Kier alpha value is -2.73. The van der Waals surface area contributed by atoms with Crippen LogP contribution in [0.2, 0.25) is 0 Å². The summed E-state index contributed by atoms with van der Waals surface area (Å²) < 4.78 is 16.1. The lowest BCUT2D eigenvalue weighted by Gasteiger charge is -2.24. The van der Waals surface area contributed by atoms with Gasteiger partial charge in [-0.2, -0.15) is 0 Å². The van der Waals surface area contributed by atoms with Crippen LogP contribution in [-0.2, 0) is 11.3 Å². The van der Waals surface area contributed by atoms with E-state index in [2.05, 4.69) is 5.32 Å². The fourth-order valence-corrected chi connectivity index (χ4v) is 2.70. The molecule has 1 heterocycles. The maximum absolute atomic E-state index is 12.5. The van der Waals surface area contributed by atoms with Crippen molar-refractivity contribution >= 4 is 11.6 Å². The van der Waals surface area contributed by atoms with Crippen LogP contribution in [0.15, 0.2) is 42.5 Å². The van der Waals surface area contributed by atoms with Gasteiger partial charge in [0.25, 0.3) is 0 Å². The maximum atomic E-state index is 12.5. The van der Waals surface area contributed by atoms with Gasteiger partial charge in [-0.3, -0.25) is 9.69 Å². The lowest BCUT2D eigenvalue weighted by Crippen LogP contribution is -2.39. The highest BCUT2D eigenvalue weighted by Gasteiger charge is 2.20. The summed E-state index contributed by atoms with van der Waals surface area (Å²) in [7, 11) is 1.93. The lowest BCUT2D eigenvalue weighted by molar-refractivity contribution is -0.120. The molecule has 0 fully saturated rings. The molecule has 0 aromatic heterocycles. The highest BCUT2D eigenvalue weighted by atomic mass is 16.7. The van der Waals surface area contributed by atoms with Gasteiger partial charge in [-0.25, -0.2) is 0 Å². The molecule has 2 aromatic carbocycles. The van der Waals surface area contributed by atoms with Crippen LogP contribution in [0.3, 0.4) is 0 Å². The van der Waals surface area contributed by atoms with Crippen LogP contribution in [0, 0.1) is 0 Å². The van der Waals surface area contributed by atoms with E-state index in [0.29, 0.717) is 30.3 Å². The number of carbonyl (C=O) groups excluding carboxylic acids is 1. The number of amides is 1. The Bertz CT molecular complexity index is 761. The SMILES string of the molecule is CCOc1ccc(CN(C)C(C)C(=O)Nc2ccc3c(c2)OCO3)cc1. The van der Waals surface area contributed by atoms with Crippen LogP contribution >= 0.6 is 0 Å². The molecule has 0 saturated heterocycles. The number of nitrogens with one attached hydrogen (secondary N) is 1. The van der Waals surface area contributed by atoms with Crippen molar-refractivity contribution in [2.45, 2.75) is 26.4 Å². The third-order valence-corrected chi connectivity index (χ3v) is 4.35. The molecular weight excluding hydrogens is 332 g/mol. The normalized spacial score (nSPS) is 13.5. The molecule has 1 N–H and O–H groups in total. The number of nitrogens with zero attached hydrogens (tertiary/aromatic N) is 1. The summed E-state index contributed by atoms with van der Waals surface area (Å²) in [6.45, 7) is 5.38. The fraction of sp³-hybridized carbons (Fsp3) is 0.350. The van der Waals surface area contributed by atoms with Crippen molar-refractivity contribution < 1.29 is 19.0 Å². The summed E-state index contributed by atoms with van der Waals surface area (Å²) in [4.78, 5) is 14.5. The Kier molecular flexibility index (Phi) is 5.63. The number of hydrogen-bond acceptors (Lipinski definition) is 5. The first-order valence-corrected chi connectivity index (χ1v) is 8.69. The Morgan fingerprint density at radius 2 is 1.92 bits per heavy atom. The third kappa shape index (κ3) is 4.26. The number of anilines is 1. The Morgan fingerprint density at radius 3 is 2.65 bits per heavy atom. The monoisotopic (exact) mass is 356 g/mol. The second-order valence-corrected chi connectivity index (χ2v) is 6.23. The minimum atomic E-state index is -0.285. The summed E-state index contributed by atoms with van der Waals surface area (Å²) in [5.41, 5.74) is 1.82. The molecule has 26 heavy (non-hydrogen) atoms. The largest absolute Gasteiger partial charge is 0.494 e. The van der Waals surface area contributed by atoms with Gasteiger partial charge in [0.15, 0.2) is 11.5 Å². The number of likely N-dealkylation sites (N-methyl/N-ethyl adjacent to an activating group) is 1. The molecule has 0 saturated carbocycles. The van der Waals surface area contributed by atoms with Gasteiger partial charge in [0.05, 0.1) is 12.6 Å². The number of benzene rings is 2. The van der Waals surface area contributed by atoms with Crippen molar-refractivity contribution in [2.75, 3.05) is 25.8 Å². The molecule has 1 atom stereocenters. The molecule has 1 unspecified atom stereocenters. The van der Waals surface area contributed by atoms with Crippen LogP contribution in [0.4, 0.5) is 5.69 Å². The number of hydrogen-bond donors (Lipinski definition) is 1. The van der Waals surface area contributed by atoms with Gasteiger partial charge in [-0.05, 0) is 50.7 Å². The van der Waals surface area contributed by atoms with Crippen LogP contribution < -0.4 is 19.5 Å². The van der Waals surface area contributed by atoms with E-state index in [4.69, 9.17) is 14.2 Å². The molecule has 1 aliphatic heterocycles. The molecule has 2 aromatic rings. The summed E-state index contributed by atoms with van der Waals surface area (Å²) in [5.74, 6) is 2.13. The molecule has 0 radical (unpaired) electrons. The second kappa shape index (κ2) is 8.10. The van der Waals surface area contributed by atoms with Crippen LogP contribution in [-0.4, -0.2) is 37.3 Å². The molecular formula is C20H24N2O4. The van der Waals surface area contributed by atoms with Crippen molar-refractivity contribution in [2.24, 2.45) is 0 Å². The first kappa shape index (κ1) is 18.1. The summed E-state index contributed by atoms with van der Waals surface area (Å²) in [5, 5.41) is 2.93. The lowest BCUT2D eigenvalue weighted by atomic mass is 10.1. The van der Waals surface area contributed by atoms with Gasteiger partial charge < -0.3 is 19.5 Å². The van der Waals surface area contributed by atoms with Gasteiger partial charge in [0.2, 0.25) is 12.7 Å². The molecule has 1 amide bonds. The fourth-order valence-electron chi connectivity index (χ4n) is 2.70. The predicted octanol–water partition coefficient (Wildman–Crippen LogP) is 3.27. The highest BCUT2D eigenvalue weighted by Crippen LogP contribution is 2.34. The number of rotatable bonds is 7. The molecule has 3 rings (SSSR count). The van der Waals surface area contributed by atoms with E-state index in [0.717, 1.165) is 11.3 Å². The minimum Gasteiger partial charge on any atom is -0.494 e. The molecule has 0 bridgehead atoms. The first-order chi connectivity index (χ1) is 12.6. The maximum Gasteiger partial charge on any atom is 0.241 e. The van der Waals surface area contributed by atoms with Gasteiger partial charge in [-0.1, -0.05) is 12.1 Å². The number of fused-ring (bicyclic) bond motifs is 1. The van der Waals surface area contributed by atoms with Gasteiger partial charge in [0.1, 0.15) is 5.75 Å². The van der Waals surface area contributed by atoms with Crippen LogP contribution in [0.1, 0.15) is 19.4 Å². The molecule has 0 aliphatic carbocycles. The van der Waals surface area contributed by atoms with E-state index in [1.54, 1.807) is 12.1 Å². The first-order valence-electron chi connectivity index (χ1n) is 8.69. The van der Waals surface area contributed by atoms with E-state index in [-0.39, 0.29) is 18.7 Å². The van der Waals surface area contributed by atoms with E-state index in [1.807, 2.05) is 56.1 Å². The van der Waals surface area contributed by atoms with Gasteiger partial charge in [-0.15, -0.1) is 0 Å². The number of carbonyl (C=O) groups is 1. The van der Waals surface area contributed by atoms with Crippen molar-refractivity contribution in [3.63, 3.8) is 0 Å². The molecule has 138 valence electrons. The Morgan fingerprint density at radius 1 is 1.19 bits per heavy atom. The van der Waals surface area contributed by atoms with E-state index in [9.17, 15) is 4.79 Å². The molecule has 6 heteroatoms. The number of ether oxygens (including phenoxy) is 3. The molecule has 1 aliphatic rings. The van der Waals surface area contributed by atoms with E-state index < -0.39 is 0 Å². The highest BCUT2D eigenvalue weighted by molar-refractivity contribution is 5.94. The topological polar surface area (TPSA) is 60.0 Å². The van der Waals surface area contributed by atoms with Crippen molar-refractivity contribution in [1.82, 2.24) is 4.90 Å². The third-order valence-electron chi connectivity index (χ3n) is 4.35. The van der Waals surface area contributed by atoms with Gasteiger partial charge in [0, 0.05) is 18.3 Å². The molecule has 0 spiro atoms. The van der Waals surface area contributed by atoms with Crippen molar-refractivity contribution in [3.8, 4) is 17.2 Å². The standard InChI is InChI=1S/C20H24N2O4/c1-4-24-17-8-5-15(6-9-17)12-22(3)14(2)20(23)21-16-7-10-18-19(11-16)26-13-25-18/h5-11,14H,4,12-13H2,1-3H3,(H,21,23). The smallest absolute Gasteiger partial charge is 0.241 e. The van der Waals surface area contributed by atoms with Gasteiger partial charge >= 0.3 is 0 Å². The predicted molar refractivity (Wildman–Crippen MR) is 99.7 cm³/mol. The van der Waals surface area contributed by atoms with E-state index >= 15 is 0 Å². The molecule has 6 nitrogen and oxygen atoms in total. The second-order valence-electron chi connectivity index (χ2n) is 6.23. The summed E-state index contributed by atoms with van der Waals surface area (Å²) in [6, 6.07) is 13.0. The van der Waals surface area contributed by atoms with Crippen LogP contribution in [0.5, 0.6) is 17.2 Å². The average Bonchev–Trinajstić information content (AvgIpc) is 3.10. The Balaban J connectivity index is 1.57. The summed E-state index contributed by atoms with van der Waals surface area (Å²) >= 11 is 0.